The molecule has 0 aromatic carbocycles. The van der Waals surface area contributed by atoms with Crippen LogP contribution in [0.4, 0.5) is 0 Å². The predicted octanol–water partition coefficient (Wildman–Crippen LogP) is 0.409. The first kappa shape index (κ1) is 12.9. The number of nitrogens with two attached hydrogens (primary N) is 1. The molecule has 3 N–H and O–H groups in total. The molecule has 0 spiro atoms. The molecule has 1 aliphatic heterocycles. The van der Waals surface area contributed by atoms with Crippen LogP contribution in [0.15, 0.2) is 12.4 Å². The number of nitrogens with one attached hydrogen (secondary N) is 1. The van der Waals surface area contributed by atoms with Crippen molar-refractivity contribution in [2.24, 2.45) is 5.84 Å². The molecule has 0 saturated carbocycles. The fraction of sp³-hybridized carbons (Fsp3) is 0.727. The van der Waals surface area contributed by atoms with Crippen LogP contribution in [0.5, 0.6) is 0 Å². The molecule has 1 saturated heterocycles. The van der Waals surface area contributed by atoms with Crippen molar-refractivity contribution in [3.63, 3.8) is 0 Å². The highest BCUT2D eigenvalue weighted by molar-refractivity contribution is 7.99. The summed E-state index contributed by atoms with van der Waals surface area (Å²) in [6.45, 7) is 3.87. The van der Waals surface area contributed by atoms with Gasteiger partial charge in [-0.2, -0.15) is 11.8 Å². The average molecular weight is 256 g/mol. The molecule has 2 atom stereocenters. The van der Waals surface area contributed by atoms with E-state index in [1.165, 1.54) is 0 Å². The molecule has 2 unspecified atom stereocenters. The number of hydrazine groups is 1. The number of hydrogen-bond donors (Lipinski definition) is 2. The lowest BCUT2D eigenvalue weighted by atomic mass is 10.1. The van der Waals surface area contributed by atoms with Crippen LogP contribution in [0.3, 0.4) is 0 Å². The Bertz CT molecular complexity index is 338. The van der Waals surface area contributed by atoms with E-state index in [4.69, 9.17) is 10.6 Å². The third-order valence-corrected chi connectivity index (χ3v) is 4.07. The lowest BCUT2D eigenvalue weighted by Crippen LogP contribution is -2.49. The van der Waals surface area contributed by atoms with Crippen molar-refractivity contribution in [3.05, 3.63) is 18.2 Å². The molecular weight excluding hydrogens is 236 g/mol. The highest BCUT2D eigenvalue weighted by Gasteiger charge is 2.25. The van der Waals surface area contributed by atoms with E-state index in [1.807, 2.05) is 24.2 Å². The quantitative estimate of drug-likeness (QED) is 0.590. The van der Waals surface area contributed by atoms with Gasteiger partial charge in [0, 0.05) is 36.9 Å². The molecule has 5 nitrogen and oxygen atoms in total. The Labute approximate surface area is 106 Å². The van der Waals surface area contributed by atoms with Crippen LogP contribution in [0.25, 0.3) is 0 Å². The molecule has 0 amide bonds. The van der Waals surface area contributed by atoms with E-state index >= 15 is 0 Å². The van der Waals surface area contributed by atoms with E-state index in [9.17, 15) is 0 Å². The normalized spacial score (nSPS) is 22.6. The molecule has 1 aliphatic rings. The average Bonchev–Trinajstić information content (AvgIpc) is 2.84. The van der Waals surface area contributed by atoms with Crippen molar-refractivity contribution >= 4 is 11.8 Å². The largest absolute Gasteiger partial charge is 0.375 e. The fourth-order valence-corrected chi connectivity index (χ4v) is 2.99. The fourth-order valence-electron chi connectivity index (χ4n) is 2.05. The molecule has 1 aromatic rings. The molecule has 1 fully saturated rings. The SMILES string of the molecule is CCn1ccnc1CC(NN)C1CSCCO1. The molecular formula is C11H20N4OS. The van der Waals surface area contributed by atoms with Crippen molar-refractivity contribution in [3.8, 4) is 0 Å². The smallest absolute Gasteiger partial charge is 0.110 e. The number of rotatable bonds is 5. The molecule has 2 rings (SSSR count). The lowest BCUT2D eigenvalue weighted by molar-refractivity contribution is 0.0465. The van der Waals surface area contributed by atoms with Crippen LogP contribution in [0.1, 0.15) is 12.7 Å². The lowest BCUT2D eigenvalue weighted by Gasteiger charge is -2.29. The maximum atomic E-state index is 5.75. The topological polar surface area (TPSA) is 65.1 Å². The number of aromatic nitrogens is 2. The summed E-state index contributed by atoms with van der Waals surface area (Å²) in [7, 11) is 0. The van der Waals surface area contributed by atoms with Crippen molar-refractivity contribution in [1.82, 2.24) is 15.0 Å². The second-order valence-electron chi connectivity index (χ2n) is 4.09. The summed E-state index contributed by atoms with van der Waals surface area (Å²) in [4.78, 5) is 4.37. The number of nitrogens with zero attached hydrogens (tertiary/aromatic N) is 2. The molecule has 2 heterocycles. The van der Waals surface area contributed by atoms with E-state index in [-0.39, 0.29) is 12.1 Å². The molecule has 17 heavy (non-hydrogen) atoms. The first-order valence-electron chi connectivity index (χ1n) is 6.00. The van der Waals surface area contributed by atoms with Gasteiger partial charge in [-0.1, -0.05) is 0 Å². The monoisotopic (exact) mass is 256 g/mol. The van der Waals surface area contributed by atoms with Gasteiger partial charge in [-0.15, -0.1) is 0 Å². The summed E-state index contributed by atoms with van der Waals surface area (Å²) in [6, 6.07) is 0.135. The van der Waals surface area contributed by atoms with Crippen LogP contribution >= 0.6 is 11.8 Å². The summed E-state index contributed by atoms with van der Waals surface area (Å²) in [5.41, 5.74) is 2.87. The zero-order valence-corrected chi connectivity index (χ0v) is 10.9. The molecule has 0 radical (unpaired) electrons. The Hall–Kier alpha value is -0.560. The van der Waals surface area contributed by atoms with Gasteiger partial charge in [0.25, 0.3) is 0 Å². The summed E-state index contributed by atoms with van der Waals surface area (Å²) >= 11 is 1.92. The standard InChI is InChI=1S/C11H20N4OS/c1-2-15-4-3-13-11(15)7-9(14-12)10-8-17-6-5-16-10/h3-4,9-10,14H,2,5-8,12H2,1H3. The maximum absolute atomic E-state index is 5.75. The summed E-state index contributed by atoms with van der Waals surface area (Å²) < 4.78 is 7.89. The van der Waals surface area contributed by atoms with Crippen molar-refractivity contribution in [2.75, 3.05) is 18.1 Å². The third kappa shape index (κ3) is 3.22. The van der Waals surface area contributed by atoms with Gasteiger partial charge in [0.05, 0.1) is 18.8 Å². The van der Waals surface area contributed by atoms with Crippen LogP contribution in [0, 0.1) is 0 Å². The van der Waals surface area contributed by atoms with Gasteiger partial charge in [-0.05, 0) is 6.92 Å². The molecule has 1 aromatic heterocycles. The minimum atomic E-state index is 0.135. The number of ether oxygens (including phenoxy) is 1. The highest BCUT2D eigenvalue weighted by Crippen LogP contribution is 2.17. The van der Waals surface area contributed by atoms with Gasteiger partial charge < -0.3 is 9.30 Å². The number of imidazole rings is 1. The number of hydrogen-bond acceptors (Lipinski definition) is 5. The first-order valence-corrected chi connectivity index (χ1v) is 7.16. The molecule has 0 aliphatic carbocycles. The van der Waals surface area contributed by atoms with E-state index < -0.39 is 0 Å². The molecule has 0 bridgehead atoms. The zero-order valence-electron chi connectivity index (χ0n) is 10.1. The minimum absolute atomic E-state index is 0.135. The van der Waals surface area contributed by atoms with Crippen LogP contribution in [-0.4, -0.2) is 39.8 Å². The Kier molecular flexibility index (Phi) is 4.85. The number of thioether (sulfide) groups is 1. The van der Waals surface area contributed by atoms with Gasteiger partial charge in [0.2, 0.25) is 0 Å². The van der Waals surface area contributed by atoms with Crippen molar-refractivity contribution in [1.29, 1.82) is 0 Å². The highest BCUT2D eigenvalue weighted by atomic mass is 32.2. The van der Waals surface area contributed by atoms with Gasteiger partial charge in [0.15, 0.2) is 0 Å². The Morgan fingerprint density at radius 1 is 1.76 bits per heavy atom. The van der Waals surface area contributed by atoms with Gasteiger partial charge >= 0.3 is 0 Å². The Balaban J connectivity index is 1.98. The minimum Gasteiger partial charge on any atom is -0.375 e. The van der Waals surface area contributed by atoms with Crippen LogP contribution in [-0.2, 0) is 17.7 Å². The zero-order chi connectivity index (χ0) is 12.1. The third-order valence-electron chi connectivity index (χ3n) is 3.05. The number of aryl methyl sites for hydroxylation is 1. The van der Waals surface area contributed by atoms with Gasteiger partial charge in [0.1, 0.15) is 5.82 Å². The van der Waals surface area contributed by atoms with E-state index in [1.54, 1.807) is 0 Å². The predicted molar refractivity (Wildman–Crippen MR) is 69.8 cm³/mol. The van der Waals surface area contributed by atoms with E-state index in [0.29, 0.717) is 0 Å². The van der Waals surface area contributed by atoms with Crippen molar-refractivity contribution in [2.45, 2.75) is 32.0 Å². The second kappa shape index (κ2) is 6.39. The van der Waals surface area contributed by atoms with Crippen LogP contribution < -0.4 is 11.3 Å². The maximum Gasteiger partial charge on any atom is 0.110 e. The molecule has 96 valence electrons. The molecule has 6 heteroatoms. The van der Waals surface area contributed by atoms with Gasteiger partial charge in [-0.25, -0.2) is 4.98 Å². The Morgan fingerprint density at radius 2 is 2.65 bits per heavy atom. The first-order chi connectivity index (χ1) is 8.35. The second-order valence-corrected chi connectivity index (χ2v) is 5.24. The van der Waals surface area contributed by atoms with Crippen LogP contribution in [0.2, 0.25) is 0 Å². The summed E-state index contributed by atoms with van der Waals surface area (Å²) in [5, 5.41) is 0. The van der Waals surface area contributed by atoms with Gasteiger partial charge in [-0.3, -0.25) is 11.3 Å². The van der Waals surface area contributed by atoms with E-state index in [2.05, 4.69) is 21.9 Å². The summed E-state index contributed by atoms with van der Waals surface area (Å²) in [5.74, 6) is 8.78. The Morgan fingerprint density at radius 3 is 3.29 bits per heavy atom. The summed E-state index contributed by atoms with van der Waals surface area (Å²) in [6.07, 6.45) is 4.82. The van der Waals surface area contributed by atoms with E-state index in [0.717, 1.165) is 36.9 Å². The van der Waals surface area contributed by atoms with Crippen molar-refractivity contribution < 1.29 is 4.74 Å².